The number of carbonyl (C=O) groups is 1. The minimum Gasteiger partial charge on any atom is -0.335 e. The number of hydrogen-bond donors (Lipinski definition) is 1. The summed E-state index contributed by atoms with van der Waals surface area (Å²) in [6.45, 7) is 2.51. The molecule has 1 fully saturated rings. The Labute approximate surface area is 113 Å². The number of amides is 1. The summed E-state index contributed by atoms with van der Waals surface area (Å²) in [6, 6.07) is 7.01. The SMILES string of the molecule is Cc1cccc(C(=O)N2CCCC2CS(N)(=O)=O)c1. The zero-order chi connectivity index (χ0) is 14.0. The minimum atomic E-state index is -3.56. The van der Waals surface area contributed by atoms with Gasteiger partial charge in [0.2, 0.25) is 10.0 Å². The molecule has 0 aromatic heterocycles. The van der Waals surface area contributed by atoms with Crippen molar-refractivity contribution in [3.63, 3.8) is 0 Å². The summed E-state index contributed by atoms with van der Waals surface area (Å²) >= 11 is 0. The van der Waals surface area contributed by atoms with E-state index in [9.17, 15) is 13.2 Å². The standard InChI is InChI=1S/C13H18N2O3S/c1-10-4-2-5-11(8-10)13(16)15-7-3-6-12(15)9-19(14,17)18/h2,4-5,8,12H,3,6-7,9H2,1H3,(H2,14,17,18). The quantitative estimate of drug-likeness (QED) is 0.894. The molecule has 1 atom stereocenters. The summed E-state index contributed by atoms with van der Waals surface area (Å²) in [5.41, 5.74) is 1.61. The molecule has 5 nitrogen and oxygen atoms in total. The molecule has 0 bridgehead atoms. The van der Waals surface area contributed by atoms with E-state index in [-0.39, 0.29) is 17.7 Å². The highest BCUT2D eigenvalue weighted by Crippen LogP contribution is 2.21. The summed E-state index contributed by atoms with van der Waals surface area (Å²) in [5.74, 6) is -0.278. The van der Waals surface area contributed by atoms with Gasteiger partial charge in [0, 0.05) is 18.2 Å². The Hall–Kier alpha value is -1.40. The number of rotatable bonds is 3. The third-order valence-electron chi connectivity index (χ3n) is 3.33. The maximum absolute atomic E-state index is 12.4. The second-order valence-electron chi connectivity index (χ2n) is 4.99. The molecular formula is C13H18N2O3S. The second-order valence-corrected chi connectivity index (χ2v) is 6.65. The summed E-state index contributed by atoms with van der Waals surface area (Å²) in [4.78, 5) is 14.0. The number of aryl methyl sites for hydroxylation is 1. The van der Waals surface area contributed by atoms with Crippen LogP contribution in [0.3, 0.4) is 0 Å². The minimum absolute atomic E-state index is 0.116. The van der Waals surface area contributed by atoms with E-state index >= 15 is 0 Å². The second kappa shape index (κ2) is 5.30. The van der Waals surface area contributed by atoms with Crippen LogP contribution in [-0.4, -0.2) is 37.6 Å². The number of likely N-dealkylation sites (tertiary alicyclic amines) is 1. The van der Waals surface area contributed by atoms with E-state index in [1.54, 1.807) is 11.0 Å². The van der Waals surface area contributed by atoms with Gasteiger partial charge in [0.15, 0.2) is 0 Å². The Balaban J connectivity index is 2.18. The zero-order valence-electron chi connectivity index (χ0n) is 10.9. The summed E-state index contributed by atoms with van der Waals surface area (Å²) in [5, 5.41) is 5.07. The number of sulfonamides is 1. The van der Waals surface area contributed by atoms with E-state index < -0.39 is 10.0 Å². The van der Waals surface area contributed by atoms with Gasteiger partial charge in [0.05, 0.1) is 5.75 Å². The molecule has 1 unspecified atom stereocenters. The monoisotopic (exact) mass is 282 g/mol. The van der Waals surface area contributed by atoms with Gasteiger partial charge in [-0.05, 0) is 31.9 Å². The molecule has 1 heterocycles. The number of nitrogens with zero attached hydrogens (tertiary/aromatic N) is 1. The molecule has 19 heavy (non-hydrogen) atoms. The Bertz CT molecular complexity index is 583. The lowest BCUT2D eigenvalue weighted by Crippen LogP contribution is -2.41. The van der Waals surface area contributed by atoms with Crippen LogP contribution in [0.4, 0.5) is 0 Å². The molecule has 1 aliphatic heterocycles. The molecule has 0 saturated carbocycles. The van der Waals surface area contributed by atoms with E-state index in [0.717, 1.165) is 12.0 Å². The zero-order valence-corrected chi connectivity index (χ0v) is 11.7. The van der Waals surface area contributed by atoms with E-state index in [4.69, 9.17) is 5.14 Å². The van der Waals surface area contributed by atoms with E-state index in [2.05, 4.69) is 0 Å². The van der Waals surface area contributed by atoms with E-state index in [1.807, 2.05) is 25.1 Å². The van der Waals surface area contributed by atoms with Crippen LogP contribution in [0.1, 0.15) is 28.8 Å². The predicted molar refractivity (Wildman–Crippen MR) is 73.2 cm³/mol. The summed E-state index contributed by atoms with van der Waals surface area (Å²) in [7, 11) is -3.56. The van der Waals surface area contributed by atoms with Gasteiger partial charge in [-0.25, -0.2) is 13.6 Å². The molecule has 2 rings (SSSR count). The fourth-order valence-corrected chi connectivity index (χ4v) is 3.37. The van der Waals surface area contributed by atoms with Gasteiger partial charge in [-0.2, -0.15) is 0 Å². The fourth-order valence-electron chi connectivity index (χ4n) is 2.49. The van der Waals surface area contributed by atoms with Gasteiger partial charge < -0.3 is 4.90 Å². The molecule has 0 aliphatic carbocycles. The van der Waals surface area contributed by atoms with Gasteiger partial charge in [0.25, 0.3) is 5.91 Å². The van der Waals surface area contributed by atoms with Crippen molar-refractivity contribution in [3.05, 3.63) is 35.4 Å². The van der Waals surface area contributed by atoms with Crippen molar-refractivity contribution < 1.29 is 13.2 Å². The van der Waals surface area contributed by atoms with Crippen LogP contribution < -0.4 is 5.14 Å². The first-order valence-corrected chi connectivity index (χ1v) is 7.96. The number of nitrogens with two attached hydrogens (primary N) is 1. The van der Waals surface area contributed by atoms with Crippen LogP contribution >= 0.6 is 0 Å². The topological polar surface area (TPSA) is 80.5 Å². The van der Waals surface area contributed by atoms with E-state index in [0.29, 0.717) is 18.5 Å². The highest BCUT2D eigenvalue weighted by Gasteiger charge is 2.31. The normalized spacial score (nSPS) is 19.7. The molecule has 1 aliphatic rings. The molecule has 2 N–H and O–H groups in total. The Morgan fingerprint density at radius 2 is 2.21 bits per heavy atom. The lowest BCUT2D eigenvalue weighted by atomic mass is 10.1. The molecule has 104 valence electrons. The van der Waals surface area contributed by atoms with Crippen molar-refractivity contribution in [2.24, 2.45) is 5.14 Å². The third-order valence-corrected chi connectivity index (χ3v) is 4.18. The predicted octanol–water partition coefficient (Wildman–Crippen LogP) is 0.888. The third kappa shape index (κ3) is 3.54. The summed E-state index contributed by atoms with van der Waals surface area (Å²) in [6.07, 6.45) is 1.51. The molecular weight excluding hydrogens is 264 g/mol. The first-order chi connectivity index (χ1) is 8.87. The maximum Gasteiger partial charge on any atom is 0.254 e. The Morgan fingerprint density at radius 3 is 2.84 bits per heavy atom. The molecule has 1 aromatic carbocycles. The first-order valence-electron chi connectivity index (χ1n) is 6.25. The number of hydrogen-bond acceptors (Lipinski definition) is 3. The van der Waals surface area contributed by atoms with Crippen LogP contribution in [0.5, 0.6) is 0 Å². The maximum atomic E-state index is 12.4. The van der Waals surface area contributed by atoms with Crippen LogP contribution in [-0.2, 0) is 10.0 Å². The van der Waals surface area contributed by atoms with Crippen molar-refractivity contribution in [3.8, 4) is 0 Å². The number of carbonyl (C=O) groups excluding carboxylic acids is 1. The molecule has 0 radical (unpaired) electrons. The lowest BCUT2D eigenvalue weighted by Gasteiger charge is -2.24. The van der Waals surface area contributed by atoms with Crippen molar-refractivity contribution >= 4 is 15.9 Å². The molecule has 1 aromatic rings. The summed E-state index contributed by atoms with van der Waals surface area (Å²) < 4.78 is 22.4. The van der Waals surface area contributed by atoms with Crippen LogP contribution in [0, 0.1) is 6.92 Å². The van der Waals surface area contributed by atoms with Crippen molar-refractivity contribution in [2.45, 2.75) is 25.8 Å². The fraction of sp³-hybridized carbons (Fsp3) is 0.462. The van der Waals surface area contributed by atoms with Crippen molar-refractivity contribution in [1.82, 2.24) is 4.90 Å². The highest BCUT2D eigenvalue weighted by molar-refractivity contribution is 7.89. The van der Waals surface area contributed by atoms with Crippen molar-refractivity contribution in [2.75, 3.05) is 12.3 Å². The number of primary sulfonamides is 1. The van der Waals surface area contributed by atoms with Gasteiger partial charge in [-0.1, -0.05) is 17.7 Å². The van der Waals surface area contributed by atoms with Gasteiger partial charge >= 0.3 is 0 Å². The van der Waals surface area contributed by atoms with Gasteiger partial charge in [-0.15, -0.1) is 0 Å². The van der Waals surface area contributed by atoms with Crippen molar-refractivity contribution in [1.29, 1.82) is 0 Å². The average molecular weight is 282 g/mol. The highest BCUT2D eigenvalue weighted by atomic mass is 32.2. The van der Waals surface area contributed by atoms with Crippen LogP contribution in [0.15, 0.2) is 24.3 Å². The Kier molecular flexibility index (Phi) is 3.91. The molecule has 1 amide bonds. The largest absolute Gasteiger partial charge is 0.335 e. The molecule has 6 heteroatoms. The lowest BCUT2D eigenvalue weighted by molar-refractivity contribution is 0.0749. The smallest absolute Gasteiger partial charge is 0.254 e. The molecule has 0 spiro atoms. The van der Waals surface area contributed by atoms with Crippen LogP contribution in [0.2, 0.25) is 0 Å². The number of benzene rings is 1. The molecule has 1 saturated heterocycles. The van der Waals surface area contributed by atoms with Gasteiger partial charge in [0.1, 0.15) is 0 Å². The Morgan fingerprint density at radius 1 is 1.47 bits per heavy atom. The van der Waals surface area contributed by atoms with E-state index in [1.165, 1.54) is 0 Å². The van der Waals surface area contributed by atoms with Crippen LogP contribution in [0.25, 0.3) is 0 Å². The average Bonchev–Trinajstić information content (AvgIpc) is 2.73. The first kappa shape index (κ1) is 14.0. The van der Waals surface area contributed by atoms with Gasteiger partial charge in [-0.3, -0.25) is 4.79 Å².